The summed E-state index contributed by atoms with van der Waals surface area (Å²) >= 11 is 0. The summed E-state index contributed by atoms with van der Waals surface area (Å²) in [5.74, 6) is -0.591. The molecule has 2 N–H and O–H groups in total. The van der Waals surface area contributed by atoms with Crippen LogP contribution in [0.5, 0.6) is 0 Å². The number of ether oxygens (including phenoxy) is 1. The van der Waals surface area contributed by atoms with Crippen LogP contribution in [0.15, 0.2) is 42.5 Å². The van der Waals surface area contributed by atoms with Crippen LogP contribution in [0.4, 0.5) is 15.8 Å². The van der Waals surface area contributed by atoms with Crippen LogP contribution in [0, 0.1) is 5.82 Å². The van der Waals surface area contributed by atoms with Crippen LogP contribution in [0.25, 0.3) is 0 Å². The van der Waals surface area contributed by atoms with Crippen LogP contribution in [0.1, 0.15) is 68.8 Å². The number of benzene rings is 2. The second-order valence-electron chi connectivity index (χ2n) is 8.72. The Balaban J connectivity index is 1.79. The fourth-order valence-electron chi connectivity index (χ4n) is 3.55. The maximum atomic E-state index is 13.2. The number of carbonyl (C=O) groups is 1. The second-order valence-corrected chi connectivity index (χ2v) is 8.72. The molecule has 0 amide bonds. The predicted molar refractivity (Wildman–Crippen MR) is 116 cm³/mol. The van der Waals surface area contributed by atoms with Gasteiger partial charge in [-0.2, -0.15) is 0 Å². The molecule has 2 aromatic carbocycles. The summed E-state index contributed by atoms with van der Waals surface area (Å²) < 4.78 is 18.7. The van der Waals surface area contributed by atoms with Gasteiger partial charge in [0.2, 0.25) is 0 Å². The van der Waals surface area contributed by atoms with Crippen molar-refractivity contribution in [1.82, 2.24) is 0 Å². The van der Waals surface area contributed by atoms with Crippen molar-refractivity contribution < 1.29 is 13.9 Å². The minimum atomic E-state index is -0.544. The number of hydrogen-bond acceptors (Lipinski definition) is 4. The average molecular weight is 399 g/mol. The van der Waals surface area contributed by atoms with E-state index in [1.807, 2.05) is 39.0 Å². The van der Waals surface area contributed by atoms with Crippen molar-refractivity contribution in [2.24, 2.45) is 0 Å². The van der Waals surface area contributed by atoms with Crippen molar-refractivity contribution in [3.8, 4) is 0 Å². The molecule has 156 valence electrons. The molecule has 0 saturated heterocycles. The molecule has 0 radical (unpaired) electrons. The molecular formula is C24H31FN2O2. The number of nitrogens with one attached hydrogen (secondary N) is 2. The monoisotopic (exact) mass is 398 g/mol. The molecule has 1 fully saturated rings. The number of hydrogen-bond donors (Lipinski definition) is 2. The lowest BCUT2D eigenvalue weighted by molar-refractivity contribution is 0.00696. The maximum absolute atomic E-state index is 13.2. The maximum Gasteiger partial charge on any atom is 0.338 e. The summed E-state index contributed by atoms with van der Waals surface area (Å²) in [7, 11) is 0. The Morgan fingerprint density at radius 1 is 1.03 bits per heavy atom. The van der Waals surface area contributed by atoms with Gasteiger partial charge in [0, 0.05) is 12.6 Å². The normalized spacial score (nSPS) is 15.0. The van der Waals surface area contributed by atoms with E-state index in [1.54, 1.807) is 12.1 Å². The summed E-state index contributed by atoms with van der Waals surface area (Å²) in [6.45, 7) is 6.12. The van der Waals surface area contributed by atoms with E-state index in [4.69, 9.17) is 4.74 Å². The summed E-state index contributed by atoms with van der Waals surface area (Å²) in [5, 5.41) is 7.04. The molecule has 4 nitrogen and oxygen atoms in total. The smallest absolute Gasteiger partial charge is 0.338 e. The number of carbonyl (C=O) groups excluding carboxylic acids is 1. The van der Waals surface area contributed by atoms with Gasteiger partial charge in [0.25, 0.3) is 0 Å². The van der Waals surface area contributed by atoms with E-state index in [-0.39, 0.29) is 11.8 Å². The Kier molecular flexibility index (Phi) is 6.78. The Morgan fingerprint density at radius 2 is 1.72 bits per heavy atom. The SMILES string of the molecule is CC(C)(C)OC(=O)c1ccc(NC2CCCCC2)c(NCc2ccc(F)cc2)c1. The molecule has 0 spiro atoms. The molecule has 5 heteroatoms. The molecule has 0 heterocycles. The molecule has 1 saturated carbocycles. The third kappa shape index (κ3) is 6.48. The van der Waals surface area contributed by atoms with Gasteiger partial charge in [0.15, 0.2) is 0 Å². The molecule has 0 unspecified atom stereocenters. The van der Waals surface area contributed by atoms with Crippen molar-refractivity contribution in [3.05, 3.63) is 59.4 Å². The predicted octanol–water partition coefficient (Wildman–Crippen LogP) is 6.14. The quantitative estimate of drug-likeness (QED) is 0.574. The van der Waals surface area contributed by atoms with E-state index in [2.05, 4.69) is 10.6 Å². The van der Waals surface area contributed by atoms with Crippen LogP contribution in [0.2, 0.25) is 0 Å². The minimum absolute atomic E-state index is 0.250. The van der Waals surface area contributed by atoms with E-state index >= 15 is 0 Å². The molecule has 2 aromatic rings. The fourth-order valence-corrected chi connectivity index (χ4v) is 3.55. The van der Waals surface area contributed by atoms with E-state index in [1.165, 1.54) is 31.4 Å². The fraction of sp³-hybridized carbons (Fsp3) is 0.458. The second kappa shape index (κ2) is 9.29. The highest BCUT2D eigenvalue weighted by molar-refractivity contribution is 5.92. The topological polar surface area (TPSA) is 50.4 Å². The Hall–Kier alpha value is -2.56. The lowest BCUT2D eigenvalue weighted by Gasteiger charge is -2.26. The van der Waals surface area contributed by atoms with Crippen LogP contribution >= 0.6 is 0 Å². The standard InChI is InChI=1S/C24H31FN2O2/c1-24(2,3)29-23(28)18-11-14-21(27-20-7-5-4-6-8-20)22(15-18)26-16-17-9-12-19(25)13-10-17/h9-15,20,26-27H,4-8,16H2,1-3H3. The van der Waals surface area contributed by atoms with Crippen molar-refractivity contribution in [1.29, 1.82) is 0 Å². The summed E-state index contributed by atoms with van der Waals surface area (Å²) in [4.78, 5) is 12.5. The van der Waals surface area contributed by atoms with E-state index < -0.39 is 5.60 Å². The molecule has 0 bridgehead atoms. The number of esters is 1. The first-order valence-corrected chi connectivity index (χ1v) is 10.4. The largest absolute Gasteiger partial charge is 0.456 e. The van der Waals surface area contributed by atoms with Crippen LogP contribution in [-0.4, -0.2) is 17.6 Å². The summed E-state index contributed by atoms with van der Waals surface area (Å²) in [6.07, 6.45) is 6.10. The molecule has 0 atom stereocenters. The average Bonchev–Trinajstić information content (AvgIpc) is 2.68. The zero-order chi connectivity index (χ0) is 20.9. The lowest BCUT2D eigenvalue weighted by Crippen LogP contribution is -2.24. The van der Waals surface area contributed by atoms with Gasteiger partial charge < -0.3 is 15.4 Å². The van der Waals surface area contributed by atoms with Gasteiger partial charge in [-0.05, 0) is 69.5 Å². The van der Waals surface area contributed by atoms with Crippen LogP contribution < -0.4 is 10.6 Å². The zero-order valence-corrected chi connectivity index (χ0v) is 17.6. The summed E-state index contributed by atoms with van der Waals surface area (Å²) in [6, 6.07) is 12.5. The zero-order valence-electron chi connectivity index (χ0n) is 17.6. The highest BCUT2D eigenvalue weighted by atomic mass is 19.1. The Bertz CT molecular complexity index is 822. The highest BCUT2D eigenvalue weighted by Crippen LogP contribution is 2.29. The van der Waals surface area contributed by atoms with E-state index in [0.29, 0.717) is 18.2 Å². The first-order valence-electron chi connectivity index (χ1n) is 10.4. The molecule has 1 aliphatic rings. The van der Waals surface area contributed by atoms with Crippen molar-refractivity contribution in [2.45, 2.75) is 71.1 Å². The van der Waals surface area contributed by atoms with Gasteiger partial charge in [-0.15, -0.1) is 0 Å². The van der Waals surface area contributed by atoms with Crippen LogP contribution in [0.3, 0.4) is 0 Å². The van der Waals surface area contributed by atoms with Crippen molar-refractivity contribution >= 4 is 17.3 Å². The lowest BCUT2D eigenvalue weighted by atomic mass is 9.95. The first kappa shape index (κ1) is 21.2. The van der Waals surface area contributed by atoms with Gasteiger partial charge in [0.05, 0.1) is 16.9 Å². The Labute approximate surface area is 172 Å². The van der Waals surface area contributed by atoms with Crippen molar-refractivity contribution in [2.75, 3.05) is 10.6 Å². The van der Waals surface area contributed by atoms with Gasteiger partial charge in [-0.25, -0.2) is 9.18 Å². The molecule has 1 aliphatic carbocycles. The third-order valence-corrected chi connectivity index (χ3v) is 5.02. The number of rotatable bonds is 6. The third-order valence-electron chi connectivity index (χ3n) is 5.02. The summed E-state index contributed by atoms with van der Waals surface area (Å²) in [5.41, 5.74) is 2.76. The van der Waals surface area contributed by atoms with Gasteiger partial charge in [0.1, 0.15) is 11.4 Å². The molecule has 29 heavy (non-hydrogen) atoms. The first-order chi connectivity index (χ1) is 13.8. The molecule has 0 aliphatic heterocycles. The molecule has 3 rings (SSSR count). The van der Waals surface area contributed by atoms with Gasteiger partial charge in [-0.3, -0.25) is 0 Å². The molecular weight excluding hydrogens is 367 g/mol. The number of anilines is 2. The highest BCUT2D eigenvalue weighted by Gasteiger charge is 2.20. The minimum Gasteiger partial charge on any atom is -0.456 e. The number of halogens is 1. The van der Waals surface area contributed by atoms with Gasteiger partial charge in [-0.1, -0.05) is 31.4 Å². The molecule has 0 aromatic heterocycles. The van der Waals surface area contributed by atoms with Crippen molar-refractivity contribution in [3.63, 3.8) is 0 Å². The van der Waals surface area contributed by atoms with E-state index in [0.717, 1.165) is 29.8 Å². The Morgan fingerprint density at radius 3 is 2.38 bits per heavy atom. The van der Waals surface area contributed by atoms with Crippen LogP contribution in [-0.2, 0) is 11.3 Å². The van der Waals surface area contributed by atoms with E-state index in [9.17, 15) is 9.18 Å². The van der Waals surface area contributed by atoms with Gasteiger partial charge >= 0.3 is 5.97 Å².